The second kappa shape index (κ2) is 25.6. The Morgan fingerprint density at radius 1 is 0.828 bits per heavy atom. The Bertz CT molecular complexity index is 307. The van der Waals surface area contributed by atoms with Crippen molar-refractivity contribution in [1.29, 1.82) is 0 Å². The fraction of sp³-hybridized carbons (Fsp3) is 0.962. The van der Waals surface area contributed by atoms with Crippen LogP contribution in [0.2, 0.25) is 0 Å². The van der Waals surface area contributed by atoms with E-state index < -0.39 is 0 Å². The van der Waals surface area contributed by atoms with Gasteiger partial charge in [-0.15, -0.1) is 0 Å². The normalized spacial score (nSPS) is 14.7. The van der Waals surface area contributed by atoms with Gasteiger partial charge in [0.2, 0.25) is 0 Å². The lowest BCUT2D eigenvalue weighted by molar-refractivity contribution is -0.111. The summed E-state index contributed by atoms with van der Waals surface area (Å²) in [5.74, 6) is 2.84. The van der Waals surface area contributed by atoms with E-state index in [1.165, 1.54) is 64.3 Å². The van der Waals surface area contributed by atoms with Gasteiger partial charge in [0.05, 0.1) is 0 Å². The number of aldehydes is 1. The average Bonchev–Trinajstić information content (AvgIpc) is 2.68. The lowest BCUT2D eigenvalue weighted by Crippen LogP contribution is -2.21. The van der Waals surface area contributed by atoms with Crippen LogP contribution in [0.15, 0.2) is 0 Å². The van der Waals surface area contributed by atoms with Crippen molar-refractivity contribution in [2.75, 3.05) is 34.7 Å². The van der Waals surface area contributed by atoms with Gasteiger partial charge >= 0.3 is 0 Å². The minimum Gasteiger partial charge on any atom is -0.323 e. The first-order valence-electron chi connectivity index (χ1n) is 12.4. The third-order valence-corrected chi connectivity index (χ3v) is 5.44. The maximum atomic E-state index is 10.4. The van der Waals surface area contributed by atoms with Crippen LogP contribution in [-0.4, -0.2) is 45.9 Å². The lowest BCUT2D eigenvalue weighted by atomic mass is 9.89. The van der Waals surface area contributed by atoms with E-state index in [9.17, 15) is 4.79 Å². The van der Waals surface area contributed by atoms with E-state index in [2.05, 4.69) is 58.9 Å². The quantitative estimate of drug-likeness (QED) is 0.291. The topological polar surface area (TPSA) is 32.3 Å². The van der Waals surface area contributed by atoms with Gasteiger partial charge in [-0.3, -0.25) is 0 Å². The van der Waals surface area contributed by atoms with Gasteiger partial charge in [-0.2, -0.15) is 0 Å². The highest BCUT2D eigenvalue weighted by molar-refractivity contribution is 5.52. The highest BCUT2D eigenvalue weighted by Gasteiger charge is 2.12. The Labute approximate surface area is 185 Å². The summed E-state index contributed by atoms with van der Waals surface area (Å²) in [7, 11) is 8.09. The van der Waals surface area contributed by atoms with Gasteiger partial charge in [-0.25, -0.2) is 0 Å². The van der Waals surface area contributed by atoms with Crippen molar-refractivity contribution >= 4 is 6.29 Å². The summed E-state index contributed by atoms with van der Waals surface area (Å²) in [6.45, 7) is 14.7. The monoisotopic (exact) mass is 414 g/mol. The number of rotatable bonds is 15. The average molecular weight is 415 g/mol. The molecule has 29 heavy (non-hydrogen) atoms. The van der Waals surface area contributed by atoms with Crippen molar-refractivity contribution in [2.45, 2.75) is 106 Å². The molecule has 0 saturated carbocycles. The Balaban J connectivity index is -0.000000414. The number of nitrogens with one attached hydrogen (secondary N) is 1. The predicted octanol–water partition coefficient (Wildman–Crippen LogP) is 7.05. The molecule has 0 heterocycles. The smallest absolute Gasteiger partial charge is 0.122 e. The first-order valence-corrected chi connectivity index (χ1v) is 12.4. The fourth-order valence-corrected chi connectivity index (χ4v) is 3.81. The molecule has 0 fully saturated rings. The molecular weight excluding hydrogens is 356 g/mol. The SMILES string of the molecule is CCCCC(CC)CC(C)C=O.CCCCC(CC)CC(C)CN(C)C.CNC. The molecule has 0 radical (unpaired) electrons. The molecule has 0 aromatic carbocycles. The first kappa shape index (κ1) is 33.2. The van der Waals surface area contributed by atoms with Gasteiger partial charge < -0.3 is 15.0 Å². The zero-order valence-electron chi connectivity index (χ0n) is 22.0. The van der Waals surface area contributed by atoms with E-state index in [-0.39, 0.29) is 5.92 Å². The van der Waals surface area contributed by atoms with Crippen molar-refractivity contribution in [3.8, 4) is 0 Å². The summed E-state index contributed by atoms with van der Waals surface area (Å²) in [5, 5.41) is 2.75. The molecule has 0 rings (SSSR count). The molecule has 4 atom stereocenters. The van der Waals surface area contributed by atoms with E-state index in [1.807, 2.05) is 21.0 Å². The Morgan fingerprint density at radius 2 is 1.24 bits per heavy atom. The maximum absolute atomic E-state index is 10.4. The van der Waals surface area contributed by atoms with Gasteiger partial charge in [0.1, 0.15) is 6.29 Å². The van der Waals surface area contributed by atoms with Crippen LogP contribution in [0.3, 0.4) is 0 Å². The molecule has 3 heteroatoms. The summed E-state index contributed by atoms with van der Waals surface area (Å²) < 4.78 is 0. The fourth-order valence-electron chi connectivity index (χ4n) is 3.81. The Kier molecular flexibility index (Phi) is 29.4. The van der Waals surface area contributed by atoms with Crippen LogP contribution in [0.4, 0.5) is 0 Å². The molecular formula is C26H58N2O. The first-order chi connectivity index (χ1) is 13.7. The van der Waals surface area contributed by atoms with Crippen LogP contribution >= 0.6 is 0 Å². The summed E-state index contributed by atoms with van der Waals surface area (Å²) in [6, 6.07) is 0. The zero-order chi connectivity index (χ0) is 23.1. The van der Waals surface area contributed by atoms with E-state index in [1.54, 1.807) is 0 Å². The third-order valence-electron chi connectivity index (χ3n) is 5.44. The summed E-state index contributed by atoms with van der Waals surface area (Å²) in [5.41, 5.74) is 0. The van der Waals surface area contributed by atoms with Gasteiger partial charge in [0.25, 0.3) is 0 Å². The molecule has 0 saturated heterocycles. The van der Waals surface area contributed by atoms with E-state index in [0.29, 0.717) is 0 Å². The molecule has 0 aromatic heterocycles. The van der Waals surface area contributed by atoms with Crippen LogP contribution in [0, 0.1) is 23.7 Å². The van der Waals surface area contributed by atoms with Crippen LogP contribution in [0.1, 0.15) is 106 Å². The number of carbonyl (C=O) groups is 1. The Hall–Kier alpha value is -0.410. The molecule has 178 valence electrons. The van der Waals surface area contributed by atoms with Gasteiger partial charge in [0.15, 0.2) is 0 Å². The van der Waals surface area contributed by atoms with Crippen LogP contribution < -0.4 is 5.32 Å². The molecule has 0 amide bonds. The number of hydrogen-bond donors (Lipinski definition) is 1. The molecule has 0 aliphatic carbocycles. The van der Waals surface area contributed by atoms with Crippen molar-refractivity contribution in [3.63, 3.8) is 0 Å². The number of nitrogens with zero attached hydrogens (tertiary/aromatic N) is 1. The van der Waals surface area contributed by atoms with Crippen LogP contribution in [0.5, 0.6) is 0 Å². The molecule has 0 aromatic rings. The van der Waals surface area contributed by atoms with Crippen LogP contribution in [0.25, 0.3) is 0 Å². The van der Waals surface area contributed by atoms with E-state index in [4.69, 9.17) is 0 Å². The highest BCUT2D eigenvalue weighted by Crippen LogP contribution is 2.22. The number of unbranched alkanes of at least 4 members (excludes halogenated alkanes) is 2. The summed E-state index contributed by atoms with van der Waals surface area (Å²) >= 11 is 0. The molecule has 4 unspecified atom stereocenters. The number of hydrogen-bond acceptors (Lipinski definition) is 3. The summed E-state index contributed by atoms with van der Waals surface area (Å²) in [4.78, 5) is 12.7. The molecule has 0 aliphatic heterocycles. The molecule has 0 bridgehead atoms. The van der Waals surface area contributed by atoms with Crippen molar-refractivity contribution in [3.05, 3.63) is 0 Å². The van der Waals surface area contributed by atoms with Gasteiger partial charge in [-0.1, -0.05) is 92.9 Å². The standard InChI is InChI=1S/C13H29N.C11H22O.C2H7N/c1-6-8-9-13(7-2)10-12(3)11-14(4)5;1-4-6-7-11(5-2)8-10(3)9-12;1-3-2/h12-13H,6-11H2,1-5H3;9-11H,4-8H2,1-3H3;3H,1-2H3. The van der Waals surface area contributed by atoms with E-state index in [0.717, 1.165) is 30.5 Å². The van der Waals surface area contributed by atoms with Crippen molar-refractivity contribution in [1.82, 2.24) is 10.2 Å². The second-order valence-corrected chi connectivity index (χ2v) is 9.29. The summed E-state index contributed by atoms with van der Waals surface area (Å²) in [6.07, 6.45) is 14.2. The lowest BCUT2D eigenvalue weighted by Gasteiger charge is -2.22. The Morgan fingerprint density at radius 3 is 1.55 bits per heavy atom. The van der Waals surface area contributed by atoms with E-state index >= 15 is 0 Å². The largest absolute Gasteiger partial charge is 0.323 e. The molecule has 0 spiro atoms. The molecule has 1 N–H and O–H groups in total. The molecule has 0 aliphatic rings. The number of carbonyl (C=O) groups excluding carboxylic acids is 1. The minimum atomic E-state index is 0.256. The minimum absolute atomic E-state index is 0.256. The van der Waals surface area contributed by atoms with Crippen LogP contribution in [-0.2, 0) is 4.79 Å². The second-order valence-electron chi connectivity index (χ2n) is 9.29. The van der Waals surface area contributed by atoms with Crippen molar-refractivity contribution in [2.24, 2.45) is 23.7 Å². The third kappa shape index (κ3) is 27.6. The maximum Gasteiger partial charge on any atom is 0.122 e. The van der Waals surface area contributed by atoms with Gasteiger partial charge in [-0.05, 0) is 58.8 Å². The molecule has 3 nitrogen and oxygen atoms in total. The van der Waals surface area contributed by atoms with Crippen molar-refractivity contribution < 1.29 is 4.79 Å². The van der Waals surface area contributed by atoms with Gasteiger partial charge in [0, 0.05) is 12.5 Å². The predicted molar refractivity (Wildman–Crippen MR) is 134 cm³/mol. The zero-order valence-corrected chi connectivity index (χ0v) is 22.0. The highest BCUT2D eigenvalue weighted by atomic mass is 16.1.